The SMILES string of the molecule is C=CCC(c1ccc(Cl)cc1N)n1nnc2ccccc21. The maximum atomic E-state index is 6.12. The van der Waals surface area contributed by atoms with E-state index in [1.54, 1.807) is 6.07 Å². The summed E-state index contributed by atoms with van der Waals surface area (Å²) in [4.78, 5) is 0. The molecule has 0 fully saturated rings. The summed E-state index contributed by atoms with van der Waals surface area (Å²) in [6.07, 6.45) is 2.56. The predicted octanol–water partition coefficient (Wildman–Crippen LogP) is 3.83. The summed E-state index contributed by atoms with van der Waals surface area (Å²) in [7, 11) is 0. The van der Waals surface area contributed by atoms with Gasteiger partial charge in [0.05, 0.1) is 11.6 Å². The van der Waals surface area contributed by atoms with Crippen LogP contribution >= 0.6 is 11.6 Å². The summed E-state index contributed by atoms with van der Waals surface area (Å²) in [6, 6.07) is 13.3. The molecule has 1 atom stereocenters. The van der Waals surface area contributed by atoms with Crippen LogP contribution in [0, 0.1) is 0 Å². The van der Waals surface area contributed by atoms with Crippen LogP contribution in [0.1, 0.15) is 18.0 Å². The summed E-state index contributed by atoms with van der Waals surface area (Å²) < 4.78 is 1.89. The number of hydrogen-bond acceptors (Lipinski definition) is 3. The van der Waals surface area contributed by atoms with Gasteiger partial charge in [-0.3, -0.25) is 0 Å². The molecule has 2 N–H and O–H groups in total. The van der Waals surface area contributed by atoms with Gasteiger partial charge in [-0.1, -0.05) is 41.1 Å². The fourth-order valence-corrected chi connectivity index (χ4v) is 2.66. The second-order valence-corrected chi connectivity index (χ2v) is 5.27. The molecule has 0 amide bonds. The first-order chi connectivity index (χ1) is 10.2. The van der Waals surface area contributed by atoms with Crippen molar-refractivity contribution in [1.29, 1.82) is 0 Å². The maximum Gasteiger partial charge on any atom is 0.113 e. The van der Waals surface area contributed by atoms with Gasteiger partial charge in [0, 0.05) is 16.3 Å². The van der Waals surface area contributed by atoms with E-state index >= 15 is 0 Å². The molecule has 0 saturated carbocycles. The van der Waals surface area contributed by atoms with Gasteiger partial charge in [-0.2, -0.15) is 0 Å². The molecule has 0 saturated heterocycles. The number of nitrogen functional groups attached to an aromatic ring is 1. The van der Waals surface area contributed by atoms with Crippen molar-refractivity contribution in [2.24, 2.45) is 0 Å². The van der Waals surface area contributed by atoms with Crippen molar-refractivity contribution in [2.75, 3.05) is 5.73 Å². The number of allylic oxidation sites excluding steroid dienone is 1. The Morgan fingerprint density at radius 2 is 2.10 bits per heavy atom. The normalized spacial score (nSPS) is 12.4. The first-order valence-corrected chi connectivity index (χ1v) is 7.04. The average Bonchev–Trinajstić information content (AvgIpc) is 2.89. The van der Waals surface area contributed by atoms with Crippen LogP contribution in [0.4, 0.5) is 5.69 Å². The van der Waals surface area contributed by atoms with Crippen LogP contribution in [0.15, 0.2) is 55.1 Å². The Labute approximate surface area is 127 Å². The number of aromatic nitrogens is 3. The summed E-state index contributed by atoms with van der Waals surface area (Å²) in [5.41, 5.74) is 9.57. The molecule has 106 valence electrons. The highest BCUT2D eigenvalue weighted by Gasteiger charge is 2.19. The van der Waals surface area contributed by atoms with Crippen LogP contribution in [-0.4, -0.2) is 15.0 Å². The van der Waals surface area contributed by atoms with Crippen molar-refractivity contribution in [1.82, 2.24) is 15.0 Å². The zero-order valence-corrected chi connectivity index (χ0v) is 12.2. The first kappa shape index (κ1) is 13.6. The molecule has 3 aromatic rings. The van der Waals surface area contributed by atoms with Gasteiger partial charge in [0.15, 0.2) is 0 Å². The monoisotopic (exact) mass is 298 g/mol. The Bertz CT molecular complexity index is 794. The van der Waals surface area contributed by atoms with Gasteiger partial charge in [-0.15, -0.1) is 11.7 Å². The van der Waals surface area contributed by atoms with Gasteiger partial charge in [0.1, 0.15) is 5.52 Å². The lowest BCUT2D eigenvalue weighted by molar-refractivity contribution is 0.528. The Morgan fingerprint density at radius 3 is 2.86 bits per heavy atom. The number of halogens is 1. The lowest BCUT2D eigenvalue weighted by atomic mass is 10.0. The molecule has 0 aliphatic heterocycles. The standard InChI is InChI=1S/C16H15ClN4/c1-2-5-15(12-9-8-11(17)10-13(12)18)21-16-7-4-3-6-14(16)19-20-21/h2-4,6-10,15H,1,5,18H2. The van der Waals surface area contributed by atoms with E-state index in [1.165, 1.54) is 0 Å². The van der Waals surface area contributed by atoms with Gasteiger partial charge in [-0.25, -0.2) is 4.68 Å². The summed E-state index contributed by atoms with van der Waals surface area (Å²) in [5, 5.41) is 9.11. The number of anilines is 1. The van der Waals surface area contributed by atoms with E-state index in [9.17, 15) is 0 Å². The van der Waals surface area contributed by atoms with E-state index in [2.05, 4.69) is 16.9 Å². The van der Waals surface area contributed by atoms with E-state index in [0.717, 1.165) is 16.6 Å². The van der Waals surface area contributed by atoms with Crippen LogP contribution in [-0.2, 0) is 0 Å². The highest BCUT2D eigenvalue weighted by molar-refractivity contribution is 6.30. The molecule has 0 bridgehead atoms. The van der Waals surface area contributed by atoms with Crippen LogP contribution in [0.3, 0.4) is 0 Å². The van der Waals surface area contributed by atoms with E-state index in [-0.39, 0.29) is 6.04 Å². The van der Waals surface area contributed by atoms with Crippen LogP contribution < -0.4 is 5.73 Å². The van der Waals surface area contributed by atoms with Gasteiger partial charge in [0.2, 0.25) is 0 Å². The predicted molar refractivity (Wildman–Crippen MR) is 86.3 cm³/mol. The number of fused-ring (bicyclic) bond motifs is 1. The Morgan fingerprint density at radius 1 is 1.29 bits per heavy atom. The van der Waals surface area contributed by atoms with E-state index in [0.29, 0.717) is 17.1 Å². The summed E-state index contributed by atoms with van der Waals surface area (Å²) in [5.74, 6) is 0. The lowest BCUT2D eigenvalue weighted by Gasteiger charge is -2.18. The van der Waals surface area contributed by atoms with Crippen LogP contribution in [0.2, 0.25) is 5.02 Å². The summed E-state index contributed by atoms with van der Waals surface area (Å²) in [6.45, 7) is 3.83. The van der Waals surface area contributed by atoms with Crippen molar-refractivity contribution in [2.45, 2.75) is 12.5 Å². The largest absolute Gasteiger partial charge is 0.398 e. The van der Waals surface area contributed by atoms with Crippen molar-refractivity contribution in [3.63, 3.8) is 0 Å². The zero-order chi connectivity index (χ0) is 14.8. The number of hydrogen-bond donors (Lipinski definition) is 1. The van der Waals surface area contributed by atoms with Gasteiger partial charge >= 0.3 is 0 Å². The Balaban J connectivity index is 2.15. The molecule has 0 aliphatic carbocycles. The number of benzene rings is 2. The second-order valence-electron chi connectivity index (χ2n) is 4.84. The third kappa shape index (κ3) is 2.50. The van der Waals surface area contributed by atoms with Crippen LogP contribution in [0.25, 0.3) is 11.0 Å². The van der Waals surface area contributed by atoms with Crippen molar-refractivity contribution >= 4 is 28.3 Å². The molecular formula is C16H15ClN4. The molecule has 0 spiro atoms. The van der Waals surface area contributed by atoms with E-state index in [1.807, 2.05) is 47.2 Å². The van der Waals surface area contributed by atoms with Gasteiger partial charge < -0.3 is 5.73 Å². The second kappa shape index (κ2) is 5.58. The number of nitrogens with zero attached hydrogens (tertiary/aromatic N) is 3. The minimum atomic E-state index is -0.0489. The molecule has 5 heteroatoms. The lowest BCUT2D eigenvalue weighted by Crippen LogP contribution is -2.13. The number of rotatable bonds is 4. The molecular weight excluding hydrogens is 284 g/mol. The first-order valence-electron chi connectivity index (χ1n) is 6.66. The molecule has 0 radical (unpaired) electrons. The van der Waals surface area contributed by atoms with E-state index < -0.39 is 0 Å². The minimum Gasteiger partial charge on any atom is -0.398 e. The van der Waals surface area contributed by atoms with Crippen molar-refractivity contribution < 1.29 is 0 Å². The fourth-order valence-electron chi connectivity index (χ4n) is 2.48. The molecule has 3 rings (SSSR count). The quantitative estimate of drug-likeness (QED) is 0.588. The summed E-state index contributed by atoms with van der Waals surface area (Å²) >= 11 is 5.98. The third-order valence-corrected chi connectivity index (χ3v) is 3.71. The molecule has 1 heterocycles. The fraction of sp³-hybridized carbons (Fsp3) is 0.125. The molecule has 2 aromatic carbocycles. The van der Waals surface area contributed by atoms with Gasteiger partial charge in [0.25, 0.3) is 0 Å². The van der Waals surface area contributed by atoms with Gasteiger partial charge in [-0.05, 0) is 30.7 Å². The molecule has 1 unspecified atom stereocenters. The minimum absolute atomic E-state index is 0.0489. The third-order valence-electron chi connectivity index (χ3n) is 3.47. The van der Waals surface area contributed by atoms with Crippen molar-refractivity contribution in [3.05, 3.63) is 65.7 Å². The number of nitrogens with two attached hydrogens (primary N) is 1. The zero-order valence-electron chi connectivity index (χ0n) is 11.4. The van der Waals surface area contributed by atoms with E-state index in [4.69, 9.17) is 17.3 Å². The molecule has 21 heavy (non-hydrogen) atoms. The average molecular weight is 299 g/mol. The molecule has 1 aromatic heterocycles. The molecule has 0 aliphatic rings. The van der Waals surface area contributed by atoms with Crippen LogP contribution in [0.5, 0.6) is 0 Å². The highest BCUT2D eigenvalue weighted by Crippen LogP contribution is 2.31. The smallest absolute Gasteiger partial charge is 0.113 e. The van der Waals surface area contributed by atoms with Crippen molar-refractivity contribution in [3.8, 4) is 0 Å². The number of para-hydroxylation sites is 1. The maximum absolute atomic E-state index is 6.12. The molecule has 4 nitrogen and oxygen atoms in total. The highest BCUT2D eigenvalue weighted by atomic mass is 35.5. The topological polar surface area (TPSA) is 56.7 Å². The Kier molecular flexibility index (Phi) is 3.62. The Hall–Kier alpha value is -2.33.